The summed E-state index contributed by atoms with van der Waals surface area (Å²) in [5, 5.41) is 6.04. The molecule has 2 N–H and O–H groups in total. The van der Waals surface area contributed by atoms with Gasteiger partial charge in [-0.25, -0.2) is 4.39 Å². The lowest BCUT2D eigenvalue weighted by molar-refractivity contribution is 0.102. The topological polar surface area (TPSA) is 62.8 Å². The minimum absolute atomic E-state index is 0.324. The Kier molecular flexibility index (Phi) is 6.33. The molecule has 0 spiro atoms. The summed E-state index contributed by atoms with van der Waals surface area (Å²) in [6.07, 6.45) is 0. The number of hydrogen-bond acceptors (Lipinski definition) is 5. The number of amides is 1. The number of nitrogens with zero attached hydrogens (tertiary/aromatic N) is 1. The molecule has 1 saturated heterocycles. The molecule has 1 aliphatic rings. The molecule has 6 nitrogen and oxygen atoms in total. The van der Waals surface area contributed by atoms with Crippen LogP contribution in [0.3, 0.4) is 0 Å². The van der Waals surface area contributed by atoms with E-state index in [1.807, 2.05) is 41.3 Å². The van der Waals surface area contributed by atoms with Crippen molar-refractivity contribution in [1.29, 1.82) is 0 Å². The summed E-state index contributed by atoms with van der Waals surface area (Å²) in [5.74, 6) is 0.0543. The smallest absolute Gasteiger partial charge is 0.257 e. The third-order valence-corrected chi connectivity index (χ3v) is 5.10. The monoisotopic (exact) mass is 421 g/mol. The Balaban J connectivity index is 1.49. The molecule has 0 saturated carbocycles. The van der Waals surface area contributed by atoms with E-state index in [-0.39, 0.29) is 11.7 Å². The number of halogens is 1. The molecule has 1 heterocycles. The van der Waals surface area contributed by atoms with Crippen molar-refractivity contribution in [2.24, 2.45) is 0 Å². The van der Waals surface area contributed by atoms with E-state index in [1.165, 1.54) is 6.07 Å². The molecule has 160 valence electrons. The summed E-state index contributed by atoms with van der Waals surface area (Å²) >= 11 is 0. The van der Waals surface area contributed by atoms with Gasteiger partial charge in [-0.2, -0.15) is 0 Å². The van der Waals surface area contributed by atoms with Crippen LogP contribution in [0.4, 0.5) is 27.1 Å². The molecular weight excluding hydrogens is 397 g/mol. The summed E-state index contributed by atoms with van der Waals surface area (Å²) in [7, 11) is 1.61. The highest BCUT2D eigenvalue weighted by Crippen LogP contribution is 2.26. The number of nitrogens with one attached hydrogen (secondary N) is 2. The number of carbonyl (C=O) groups excluding carboxylic acids is 1. The van der Waals surface area contributed by atoms with Crippen LogP contribution >= 0.6 is 0 Å². The first-order chi connectivity index (χ1) is 15.1. The van der Waals surface area contributed by atoms with Gasteiger partial charge in [0.1, 0.15) is 11.6 Å². The molecule has 0 aliphatic carbocycles. The lowest BCUT2D eigenvalue weighted by atomic mass is 10.1. The average molecular weight is 421 g/mol. The Hall–Kier alpha value is -3.58. The second-order valence-corrected chi connectivity index (χ2v) is 7.12. The van der Waals surface area contributed by atoms with Crippen LogP contribution in [0.2, 0.25) is 0 Å². The number of carbonyl (C=O) groups is 1. The van der Waals surface area contributed by atoms with Crippen molar-refractivity contribution in [3.8, 4) is 5.75 Å². The van der Waals surface area contributed by atoms with Crippen LogP contribution in [0.5, 0.6) is 5.75 Å². The number of methoxy groups -OCH3 is 1. The molecule has 1 aliphatic heterocycles. The van der Waals surface area contributed by atoms with Gasteiger partial charge >= 0.3 is 0 Å². The average Bonchev–Trinajstić information content (AvgIpc) is 2.80. The lowest BCUT2D eigenvalue weighted by Gasteiger charge is -2.29. The van der Waals surface area contributed by atoms with E-state index in [2.05, 4.69) is 10.6 Å². The highest BCUT2D eigenvalue weighted by atomic mass is 19.1. The van der Waals surface area contributed by atoms with Gasteiger partial charge in [-0.05, 0) is 54.6 Å². The zero-order chi connectivity index (χ0) is 21.6. The molecular formula is C24H24FN3O3. The molecule has 7 heteroatoms. The van der Waals surface area contributed by atoms with E-state index in [0.29, 0.717) is 48.9 Å². The summed E-state index contributed by atoms with van der Waals surface area (Å²) in [5.41, 5.74) is 2.84. The fraction of sp³-hybridized carbons (Fsp3) is 0.208. The molecule has 0 radical (unpaired) electrons. The van der Waals surface area contributed by atoms with Crippen LogP contribution in [-0.4, -0.2) is 39.3 Å². The Bertz CT molecular complexity index is 1050. The molecule has 1 fully saturated rings. The Morgan fingerprint density at radius 1 is 1.00 bits per heavy atom. The van der Waals surface area contributed by atoms with Crippen molar-refractivity contribution in [2.45, 2.75) is 0 Å². The van der Waals surface area contributed by atoms with E-state index in [4.69, 9.17) is 9.47 Å². The molecule has 3 aromatic carbocycles. The van der Waals surface area contributed by atoms with Gasteiger partial charge in [0.25, 0.3) is 5.91 Å². The van der Waals surface area contributed by atoms with Gasteiger partial charge in [0.2, 0.25) is 0 Å². The maximum Gasteiger partial charge on any atom is 0.257 e. The molecule has 3 aromatic rings. The van der Waals surface area contributed by atoms with Crippen molar-refractivity contribution >= 4 is 28.7 Å². The van der Waals surface area contributed by atoms with E-state index >= 15 is 0 Å². The van der Waals surface area contributed by atoms with Crippen molar-refractivity contribution in [3.05, 3.63) is 78.1 Å². The molecule has 4 rings (SSSR count). The van der Waals surface area contributed by atoms with Crippen molar-refractivity contribution < 1.29 is 18.7 Å². The van der Waals surface area contributed by atoms with Gasteiger partial charge in [0, 0.05) is 24.5 Å². The van der Waals surface area contributed by atoms with Crippen molar-refractivity contribution in [2.75, 3.05) is 48.9 Å². The Morgan fingerprint density at radius 2 is 1.71 bits per heavy atom. The van der Waals surface area contributed by atoms with Crippen LogP contribution in [0.15, 0.2) is 66.7 Å². The summed E-state index contributed by atoms with van der Waals surface area (Å²) in [4.78, 5) is 14.8. The van der Waals surface area contributed by atoms with Crippen LogP contribution in [-0.2, 0) is 4.74 Å². The maximum atomic E-state index is 14.7. The second kappa shape index (κ2) is 9.49. The molecule has 31 heavy (non-hydrogen) atoms. The van der Waals surface area contributed by atoms with E-state index < -0.39 is 0 Å². The van der Waals surface area contributed by atoms with Crippen LogP contribution < -0.4 is 20.3 Å². The summed E-state index contributed by atoms with van der Waals surface area (Å²) in [6, 6.07) is 19.3. The molecule has 0 aromatic heterocycles. The van der Waals surface area contributed by atoms with Gasteiger partial charge in [-0.15, -0.1) is 0 Å². The van der Waals surface area contributed by atoms with Gasteiger partial charge in [0.15, 0.2) is 0 Å². The van der Waals surface area contributed by atoms with Crippen molar-refractivity contribution in [1.82, 2.24) is 0 Å². The molecule has 0 unspecified atom stereocenters. The standard InChI is InChI=1S/C24H24FN3O3/c1-30-19-9-6-17(7-10-19)26-22-5-3-2-4-20(22)24(29)27-18-8-11-23(21(25)16-18)28-12-14-31-15-13-28/h2-11,16,26H,12-15H2,1H3,(H,27,29). The number of ether oxygens (including phenoxy) is 2. The minimum atomic E-state index is -0.371. The lowest BCUT2D eigenvalue weighted by Crippen LogP contribution is -2.36. The van der Waals surface area contributed by atoms with Gasteiger partial charge in [-0.1, -0.05) is 12.1 Å². The SMILES string of the molecule is COc1ccc(Nc2ccccc2C(=O)Nc2ccc(N3CCOCC3)c(F)c2)cc1. The highest BCUT2D eigenvalue weighted by molar-refractivity contribution is 6.08. The molecule has 0 bridgehead atoms. The quantitative estimate of drug-likeness (QED) is 0.606. The first kappa shape index (κ1) is 20.7. The molecule has 0 atom stereocenters. The predicted molar refractivity (Wildman–Crippen MR) is 120 cm³/mol. The summed E-state index contributed by atoms with van der Waals surface area (Å²) < 4.78 is 25.2. The van der Waals surface area contributed by atoms with Crippen LogP contribution in [0.25, 0.3) is 0 Å². The zero-order valence-corrected chi connectivity index (χ0v) is 17.2. The zero-order valence-electron chi connectivity index (χ0n) is 17.2. The third-order valence-electron chi connectivity index (χ3n) is 5.10. The first-order valence-corrected chi connectivity index (χ1v) is 10.1. The number of anilines is 4. The van der Waals surface area contributed by atoms with E-state index in [0.717, 1.165) is 11.4 Å². The molecule has 1 amide bonds. The Labute approximate surface area is 180 Å². The fourth-order valence-electron chi connectivity index (χ4n) is 3.46. The van der Waals surface area contributed by atoms with E-state index in [1.54, 1.807) is 31.4 Å². The number of hydrogen-bond donors (Lipinski definition) is 2. The van der Waals surface area contributed by atoms with Crippen molar-refractivity contribution in [3.63, 3.8) is 0 Å². The van der Waals surface area contributed by atoms with E-state index in [9.17, 15) is 9.18 Å². The predicted octanol–water partition coefficient (Wildman–Crippen LogP) is 4.67. The highest BCUT2D eigenvalue weighted by Gasteiger charge is 2.17. The maximum absolute atomic E-state index is 14.7. The van der Waals surface area contributed by atoms with Crippen LogP contribution in [0, 0.1) is 5.82 Å². The number of rotatable bonds is 6. The number of para-hydroxylation sites is 1. The summed E-state index contributed by atoms with van der Waals surface area (Å²) in [6.45, 7) is 2.45. The van der Waals surface area contributed by atoms with Crippen LogP contribution in [0.1, 0.15) is 10.4 Å². The second-order valence-electron chi connectivity index (χ2n) is 7.12. The largest absolute Gasteiger partial charge is 0.497 e. The normalized spacial score (nSPS) is 13.5. The number of benzene rings is 3. The first-order valence-electron chi connectivity index (χ1n) is 10.1. The van der Waals surface area contributed by atoms with Gasteiger partial charge in [-0.3, -0.25) is 4.79 Å². The fourth-order valence-corrected chi connectivity index (χ4v) is 3.46. The van der Waals surface area contributed by atoms with Gasteiger partial charge < -0.3 is 25.0 Å². The van der Waals surface area contributed by atoms with Gasteiger partial charge in [0.05, 0.1) is 37.3 Å². The minimum Gasteiger partial charge on any atom is -0.497 e. The number of morpholine rings is 1. The Morgan fingerprint density at radius 3 is 2.42 bits per heavy atom. The third kappa shape index (κ3) is 4.95.